The average Bonchev–Trinajstić information content (AvgIpc) is 2.76. The molecule has 0 saturated heterocycles. The summed E-state index contributed by atoms with van der Waals surface area (Å²) in [6.45, 7) is 6.89. The highest BCUT2D eigenvalue weighted by Gasteiger charge is 2.23. The van der Waals surface area contributed by atoms with E-state index in [2.05, 4.69) is 39.0 Å². The van der Waals surface area contributed by atoms with Gasteiger partial charge in [-0.1, -0.05) is 58.2 Å². The van der Waals surface area contributed by atoms with Gasteiger partial charge in [-0.15, -0.1) is 0 Å². The minimum atomic E-state index is 0.201. The van der Waals surface area contributed by atoms with Crippen LogP contribution >= 0.6 is 0 Å². The Labute approximate surface area is 104 Å². The first-order valence-electron chi connectivity index (χ1n) is 6.62. The molecule has 1 aromatic carbocycles. The molecule has 0 fully saturated rings. The predicted molar refractivity (Wildman–Crippen MR) is 73.4 cm³/mol. The summed E-state index contributed by atoms with van der Waals surface area (Å²) in [5.41, 5.74) is 2.61. The third kappa shape index (κ3) is 2.54. The molecule has 0 atom stereocenters. The lowest BCUT2D eigenvalue weighted by molar-refractivity contribution is 0.446. The van der Waals surface area contributed by atoms with Crippen molar-refractivity contribution in [3.63, 3.8) is 0 Å². The predicted octanol–water partition coefficient (Wildman–Crippen LogP) is 5.29. The number of hydrogen-bond acceptors (Lipinski definition) is 1. The lowest BCUT2D eigenvalue weighted by Gasteiger charge is -2.25. The van der Waals surface area contributed by atoms with Crippen LogP contribution in [0.15, 0.2) is 34.9 Å². The van der Waals surface area contributed by atoms with Crippen molar-refractivity contribution in [2.75, 3.05) is 0 Å². The molecule has 1 nitrogen and oxygen atoms in total. The van der Waals surface area contributed by atoms with E-state index in [1.165, 1.54) is 36.6 Å². The van der Waals surface area contributed by atoms with Crippen molar-refractivity contribution in [1.82, 2.24) is 0 Å². The van der Waals surface area contributed by atoms with Gasteiger partial charge in [0.25, 0.3) is 0 Å². The van der Waals surface area contributed by atoms with Crippen LogP contribution in [0.5, 0.6) is 0 Å². The maximum atomic E-state index is 5.64. The molecule has 1 heteroatoms. The number of unbranched alkanes of at least 4 members (excludes halogenated alkanes) is 2. The van der Waals surface area contributed by atoms with Crippen LogP contribution in [0.25, 0.3) is 11.0 Å². The molecule has 0 aliphatic heterocycles. The lowest BCUT2D eigenvalue weighted by Crippen LogP contribution is -2.17. The maximum absolute atomic E-state index is 5.64. The molecule has 1 heterocycles. The van der Waals surface area contributed by atoms with E-state index in [-0.39, 0.29) is 5.41 Å². The van der Waals surface area contributed by atoms with Crippen LogP contribution in [0.3, 0.4) is 0 Å². The molecule has 0 aliphatic carbocycles. The molecule has 0 amide bonds. The molecule has 2 rings (SSSR count). The van der Waals surface area contributed by atoms with Crippen LogP contribution in [0.4, 0.5) is 0 Å². The van der Waals surface area contributed by atoms with Crippen LogP contribution in [-0.4, -0.2) is 0 Å². The third-order valence-corrected chi connectivity index (χ3v) is 3.61. The summed E-state index contributed by atoms with van der Waals surface area (Å²) < 4.78 is 5.64. The Morgan fingerprint density at radius 2 is 1.94 bits per heavy atom. The first-order chi connectivity index (χ1) is 8.15. The first kappa shape index (κ1) is 12.2. The van der Waals surface area contributed by atoms with E-state index < -0.39 is 0 Å². The number of hydrogen-bond donors (Lipinski definition) is 0. The summed E-state index contributed by atoms with van der Waals surface area (Å²) in [7, 11) is 0. The topological polar surface area (TPSA) is 13.1 Å². The fourth-order valence-corrected chi connectivity index (χ4v) is 2.48. The molecule has 0 radical (unpaired) electrons. The second kappa shape index (κ2) is 4.95. The molecule has 17 heavy (non-hydrogen) atoms. The van der Waals surface area contributed by atoms with E-state index >= 15 is 0 Å². The zero-order chi connectivity index (χ0) is 12.3. The van der Waals surface area contributed by atoms with Gasteiger partial charge in [0, 0.05) is 10.9 Å². The molecule has 0 spiro atoms. The van der Waals surface area contributed by atoms with E-state index in [9.17, 15) is 0 Å². The highest BCUT2D eigenvalue weighted by atomic mass is 16.3. The zero-order valence-corrected chi connectivity index (χ0v) is 11.1. The lowest BCUT2D eigenvalue weighted by atomic mass is 9.79. The van der Waals surface area contributed by atoms with Crippen molar-refractivity contribution >= 4 is 11.0 Å². The van der Waals surface area contributed by atoms with Crippen molar-refractivity contribution in [2.24, 2.45) is 0 Å². The second-order valence-corrected chi connectivity index (χ2v) is 5.49. The van der Waals surface area contributed by atoms with E-state index in [0.29, 0.717) is 0 Å². The van der Waals surface area contributed by atoms with Crippen molar-refractivity contribution in [3.8, 4) is 0 Å². The minimum Gasteiger partial charge on any atom is -0.464 e. The third-order valence-electron chi connectivity index (χ3n) is 3.61. The van der Waals surface area contributed by atoms with E-state index in [1.54, 1.807) is 6.26 Å². The Hall–Kier alpha value is -1.24. The fraction of sp³-hybridized carbons (Fsp3) is 0.500. The summed E-state index contributed by atoms with van der Waals surface area (Å²) >= 11 is 0. The Bertz CT molecular complexity index is 479. The first-order valence-corrected chi connectivity index (χ1v) is 6.62. The zero-order valence-electron chi connectivity index (χ0n) is 11.1. The average molecular weight is 230 g/mol. The molecule has 0 bridgehead atoms. The van der Waals surface area contributed by atoms with Crippen molar-refractivity contribution < 1.29 is 4.42 Å². The highest BCUT2D eigenvalue weighted by Crippen LogP contribution is 2.34. The van der Waals surface area contributed by atoms with Crippen LogP contribution < -0.4 is 0 Å². The smallest absolute Gasteiger partial charge is 0.137 e. The van der Waals surface area contributed by atoms with E-state index in [0.717, 1.165) is 5.58 Å². The van der Waals surface area contributed by atoms with Gasteiger partial charge < -0.3 is 4.42 Å². The van der Waals surface area contributed by atoms with Gasteiger partial charge in [0.15, 0.2) is 0 Å². The molecule has 0 N–H and O–H groups in total. The van der Waals surface area contributed by atoms with Crippen LogP contribution in [-0.2, 0) is 5.41 Å². The number of furan rings is 1. The van der Waals surface area contributed by atoms with Crippen molar-refractivity contribution in [1.29, 1.82) is 0 Å². The quantitative estimate of drug-likeness (QED) is 0.636. The van der Waals surface area contributed by atoms with Gasteiger partial charge >= 0.3 is 0 Å². The van der Waals surface area contributed by atoms with Crippen molar-refractivity contribution in [3.05, 3.63) is 36.1 Å². The number of para-hydroxylation sites is 1. The Kier molecular flexibility index (Phi) is 3.56. The molecule has 2 aromatic rings. The van der Waals surface area contributed by atoms with E-state index in [1.807, 2.05) is 6.07 Å². The Morgan fingerprint density at radius 1 is 1.12 bits per heavy atom. The van der Waals surface area contributed by atoms with Crippen LogP contribution in [0.1, 0.15) is 52.0 Å². The largest absolute Gasteiger partial charge is 0.464 e. The van der Waals surface area contributed by atoms with Gasteiger partial charge in [0.2, 0.25) is 0 Å². The number of rotatable bonds is 5. The second-order valence-electron chi connectivity index (χ2n) is 5.49. The molecule has 0 saturated carbocycles. The minimum absolute atomic E-state index is 0.201. The summed E-state index contributed by atoms with van der Waals surface area (Å²) in [6.07, 6.45) is 6.90. The Morgan fingerprint density at radius 3 is 2.71 bits per heavy atom. The van der Waals surface area contributed by atoms with Crippen LogP contribution in [0.2, 0.25) is 0 Å². The van der Waals surface area contributed by atoms with Gasteiger partial charge in [-0.2, -0.15) is 0 Å². The van der Waals surface area contributed by atoms with Gasteiger partial charge in [0.1, 0.15) is 5.58 Å². The van der Waals surface area contributed by atoms with E-state index in [4.69, 9.17) is 4.42 Å². The maximum Gasteiger partial charge on any atom is 0.137 e. The molecule has 0 unspecified atom stereocenters. The summed E-state index contributed by atoms with van der Waals surface area (Å²) in [6, 6.07) is 8.50. The van der Waals surface area contributed by atoms with Gasteiger partial charge in [-0.05, 0) is 17.9 Å². The molecule has 1 aromatic heterocycles. The van der Waals surface area contributed by atoms with Crippen LogP contribution in [0, 0.1) is 0 Å². The normalized spacial score (nSPS) is 12.2. The standard InChI is InChI=1S/C16H22O/c1-4-5-6-11-16(2,3)14-9-7-8-13-10-12-17-15(13)14/h7-10,12H,4-6,11H2,1-3H3. The Balaban J connectivity index is 2.28. The molecule has 92 valence electrons. The molecular weight excluding hydrogens is 208 g/mol. The van der Waals surface area contributed by atoms with Gasteiger partial charge in [-0.3, -0.25) is 0 Å². The molecular formula is C16H22O. The number of benzene rings is 1. The SMILES string of the molecule is CCCCCC(C)(C)c1cccc2ccoc12. The summed E-state index contributed by atoms with van der Waals surface area (Å²) in [5.74, 6) is 0. The van der Waals surface area contributed by atoms with Gasteiger partial charge in [-0.25, -0.2) is 0 Å². The molecule has 0 aliphatic rings. The monoisotopic (exact) mass is 230 g/mol. The summed E-state index contributed by atoms with van der Waals surface area (Å²) in [5, 5.41) is 1.21. The fourth-order valence-electron chi connectivity index (χ4n) is 2.48. The van der Waals surface area contributed by atoms with Gasteiger partial charge in [0.05, 0.1) is 6.26 Å². The summed E-state index contributed by atoms with van der Waals surface area (Å²) in [4.78, 5) is 0. The number of fused-ring (bicyclic) bond motifs is 1. The van der Waals surface area contributed by atoms with Crippen molar-refractivity contribution in [2.45, 2.75) is 51.9 Å². The highest BCUT2D eigenvalue weighted by molar-refractivity contribution is 5.81.